The number of H-pyrrole nitrogens is 1. The summed E-state index contributed by atoms with van der Waals surface area (Å²) in [5.74, 6) is -2.09. The quantitative estimate of drug-likeness (QED) is 0.526. The van der Waals surface area contributed by atoms with Crippen LogP contribution < -0.4 is 10.3 Å². The van der Waals surface area contributed by atoms with E-state index in [0.717, 1.165) is 12.1 Å². The zero-order valence-electron chi connectivity index (χ0n) is 12.5. The van der Waals surface area contributed by atoms with Crippen molar-refractivity contribution in [2.45, 2.75) is 0 Å². The summed E-state index contributed by atoms with van der Waals surface area (Å²) in [6.07, 6.45) is 2.42. The van der Waals surface area contributed by atoms with Crippen LogP contribution in [0, 0.1) is 20.2 Å². The number of ether oxygens (including phenoxy) is 1. The summed E-state index contributed by atoms with van der Waals surface area (Å²) >= 11 is 0. The fourth-order valence-corrected chi connectivity index (χ4v) is 1.90. The molecule has 0 radical (unpaired) electrons. The van der Waals surface area contributed by atoms with Gasteiger partial charge in [0.2, 0.25) is 5.75 Å². The van der Waals surface area contributed by atoms with Crippen molar-refractivity contribution in [1.29, 1.82) is 0 Å². The maximum absolute atomic E-state index is 11.5. The van der Waals surface area contributed by atoms with E-state index >= 15 is 0 Å². The van der Waals surface area contributed by atoms with Gasteiger partial charge in [-0.3, -0.25) is 25.0 Å². The largest absolute Gasteiger partial charge is 0.500 e. The molecule has 0 aliphatic heterocycles. The van der Waals surface area contributed by atoms with Crippen molar-refractivity contribution in [2.24, 2.45) is 0 Å². The smallest absolute Gasteiger partial charge is 0.395 e. The van der Waals surface area contributed by atoms with Gasteiger partial charge in [-0.05, 0) is 17.7 Å². The lowest BCUT2D eigenvalue weighted by Gasteiger charge is -2.05. The Bertz CT molecular complexity index is 950. The maximum Gasteiger partial charge on any atom is 0.395 e. The lowest BCUT2D eigenvalue weighted by Crippen LogP contribution is -2.14. The second-order valence-electron chi connectivity index (χ2n) is 4.56. The number of nitro benzene ring substituents is 1. The van der Waals surface area contributed by atoms with Gasteiger partial charge >= 0.3 is 16.9 Å². The number of hydrogen-bond acceptors (Lipinski definition) is 9. The second-order valence-corrected chi connectivity index (χ2v) is 4.56. The summed E-state index contributed by atoms with van der Waals surface area (Å²) < 4.78 is 4.83. The van der Waals surface area contributed by atoms with Crippen molar-refractivity contribution in [3.8, 4) is 17.4 Å². The third kappa shape index (κ3) is 3.52. The van der Waals surface area contributed by atoms with E-state index in [-0.39, 0.29) is 17.1 Å². The molecule has 0 fully saturated rings. The number of nitrogens with one attached hydrogen (secondary N) is 1. The number of aromatic hydroxyl groups is 2. The van der Waals surface area contributed by atoms with Crippen LogP contribution in [0.4, 0.5) is 11.4 Å². The van der Waals surface area contributed by atoms with Crippen LogP contribution in [-0.2, 0) is 0 Å². The van der Waals surface area contributed by atoms with Gasteiger partial charge in [0.1, 0.15) is 5.82 Å². The number of phenolic OH excluding ortho intramolecular Hbond substituents is 1. The molecule has 130 valence electrons. The first-order valence-electron chi connectivity index (χ1n) is 6.45. The molecule has 2 aromatic rings. The number of benzene rings is 1. The van der Waals surface area contributed by atoms with E-state index in [9.17, 15) is 35.2 Å². The Morgan fingerprint density at radius 1 is 1.20 bits per heavy atom. The summed E-state index contributed by atoms with van der Waals surface area (Å²) in [4.78, 5) is 36.7. The summed E-state index contributed by atoms with van der Waals surface area (Å²) in [5.41, 5.74) is -2.65. The zero-order chi connectivity index (χ0) is 18.7. The van der Waals surface area contributed by atoms with Gasteiger partial charge < -0.3 is 19.9 Å². The van der Waals surface area contributed by atoms with E-state index in [0.29, 0.717) is 0 Å². The Balaban J connectivity index is 2.46. The third-order valence-corrected chi connectivity index (χ3v) is 3.00. The van der Waals surface area contributed by atoms with Crippen LogP contribution in [0.25, 0.3) is 12.2 Å². The highest BCUT2D eigenvalue weighted by molar-refractivity contribution is 5.72. The first kappa shape index (κ1) is 17.4. The summed E-state index contributed by atoms with van der Waals surface area (Å²) in [6.45, 7) is 0. The Labute approximate surface area is 138 Å². The fourth-order valence-electron chi connectivity index (χ4n) is 1.90. The number of rotatable bonds is 5. The highest BCUT2D eigenvalue weighted by atomic mass is 16.6. The number of methoxy groups -OCH3 is 1. The minimum Gasteiger partial charge on any atom is -0.500 e. The van der Waals surface area contributed by atoms with Crippen LogP contribution in [0.3, 0.4) is 0 Å². The average Bonchev–Trinajstić information content (AvgIpc) is 2.52. The molecule has 1 heterocycles. The SMILES string of the molecule is COc1cc(/C=C\c2nc(O)c([N+](=O)[O-])c(=O)[nH]2)cc([N+](=O)[O-])c1O. The molecule has 12 nitrogen and oxygen atoms in total. The van der Waals surface area contributed by atoms with Gasteiger partial charge in [-0.15, -0.1) is 0 Å². The molecule has 0 unspecified atom stereocenters. The van der Waals surface area contributed by atoms with E-state index < -0.39 is 38.4 Å². The summed E-state index contributed by atoms with van der Waals surface area (Å²) in [6, 6.07) is 2.32. The number of nitro groups is 2. The minimum atomic E-state index is -1.16. The monoisotopic (exact) mass is 350 g/mol. The number of aromatic amines is 1. The molecule has 0 saturated carbocycles. The Hall–Kier alpha value is -3.96. The third-order valence-electron chi connectivity index (χ3n) is 3.00. The standard InChI is InChI=1S/C13H10N4O8/c1-25-8-5-6(4-7(11(8)18)16(21)22)2-3-9-14-12(19)10(17(23)24)13(20)15-9/h2-5,18H,1H3,(H2,14,15,19,20)/b3-2-. The molecule has 25 heavy (non-hydrogen) atoms. The summed E-state index contributed by atoms with van der Waals surface area (Å²) in [7, 11) is 1.21. The van der Waals surface area contributed by atoms with Crippen molar-refractivity contribution in [2.75, 3.05) is 7.11 Å². The average molecular weight is 350 g/mol. The molecular formula is C13H10N4O8. The Morgan fingerprint density at radius 2 is 1.88 bits per heavy atom. The lowest BCUT2D eigenvalue weighted by atomic mass is 10.1. The van der Waals surface area contributed by atoms with Crippen molar-refractivity contribution in [3.05, 3.63) is 54.1 Å². The molecule has 0 atom stereocenters. The molecule has 1 aromatic heterocycles. The molecule has 0 amide bonds. The number of aromatic nitrogens is 2. The Kier molecular flexibility index (Phi) is 4.63. The van der Waals surface area contributed by atoms with Crippen LogP contribution in [0.1, 0.15) is 11.4 Å². The molecule has 0 aliphatic carbocycles. The van der Waals surface area contributed by atoms with E-state index in [1.54, 1.807) is 0 Å². The highest BCUT2D eigenvalue weighted by Gasteiger charge is 2.21. The highest BCUT2D eigenvalue weighted by Crippen LogP contribution is 2.37. The van der Waals surface area contributed by atoms with E-state index in [1.165, 1.54) is 19.3 Å². The molecule has 0 aliphatic rings. The van der Waals surface area contributed by atoms with Crippen LogP contribution in [0.15, 0.2) is 16.9 Å². The number of nitrogens with zero attached hydrogens (tertiary/aromatic N) is 3. The van der Waals surface area contributed by atoms with Crippen LogP contribution >= 0.6 is 0 Å². The first-order chi connectivity index (χ1) is 11.7. The molecule has 12 heteroatoms. The van der Waals surface area contributed by atoms with Gasteiger partial charge in [-0.1, -0.05) is 6.08 Å². The molecule has 3 N–H and O–H groups in total. The van der Waals surface area contributed by atoms with E-state index in [4.69, 9.17) is 4.74 Å². The van der Waals surface area contributed by atoms with Gasteiger partial charge in [-0.25, -0.2) is 0 Å². The van der Waals surface area contributed by atoms with Crippen molar-refractivity contribution >= 4 is 23.5 Å². The fraction of sp³-hybridized carbons (Fsp3) is 0.0769. The predicted molar refractivity (Wildman–Crippen MR) is 83.4 cm³/mol. The van der Waals surface area contributed by atoms with Crippen molar-refractivity contribution in [3.63, 3.8) is 0 Å². The topological polar surface area (TPSA) is 182 Å². The minimum absolute atomic E-state index is 0.151. The predicted octanol–water partition coefficient (Wildman–Crippen LogP) is 1.18. The number of hydrogen-bond donors (Lipinski definition) is 3. The molecule has 0 saturated heterocycles. The lowest BCUT2D eigenvalue weighted by molar-refractivity contribution is -0.387. The van der Waals surface area contributed by atoms with Gasteiger partial charge in [-0.2, -0.15) is 4.98 Å². The van der Waals surface area contributed by atoms with Gasteiger partial charge in [0.05, 0.1) is 17.0 Å². The maximum atomic E-state index is 11.5. The first-order valence-corrected chi connectivity index (χ1v) is 6.45. The van der Waals surface area contributed by atoms with Gasteiger partial charge in [0.25, 0.3) is 5.88 Å². The summed E-state index contributed by atoms with van der Waals surface area (Å²) in [5, 5.41) is 40.6. The molecule has 0 bridgehead atoms. The van der Waals surface area contributed by atoms with Gasteiger partial charge in [0.15, 0.2) is 5.75 Å². The van der Waals surface area contributed by atoms with E-state index in [1.807, 2.05) is 0 Å². The molecular weight excluding hydrogens is 340 g/mol. The van der Waals surface area contributed by atoms with Crippen LogP contribution in [-0.4, -0.2) is 37.1 Å². The van der Waals surface area contributed by atoms with Crippen LogP contribution in [0.2, 0.25) is 0 Å². The van der Waals surface area contributed by atoms with Crippen molar-refractivity contribution in [1.82, 2.24) is 9.97 Å². The molecule has 2 rings (SSSR count). The normalized spacial score (nSPS) is 10.8. The van der Waals surface area contributed by atoms with Crippen LogP contribution in [0.5, 0.6) is 17.4 Å². The zero-order valence-corrected chi connectivity index (χ0v) is 12.5. The van der Waals surface area contributed by atoms with Crippen molar-refractivity contribution < 1.29 is 24.8 Å². The molecule has 0 spiro atoms. The molecule has 1 aromatic carbocycles. The number of phenols is 1. The second kappa shape index (κ2) is 6.66. The van der Waals surface area contributed by atoms with E-state index in [2.05, 4.69) is 9.97 Å². The Morgan fingerprint density at radius 3 is 2.40 bits per heavy atom. The van der Waals surface area contributed by atoms with Gasteiger partial charge in [0, 0.05) is 6.07 Å².